The van der Waals surface area contributed by atoms with Gasteiger partial charge in [0.15, 0.2) is 6.67 Å². The molecule has 0 rings (SSSR count). The zero-order valence-electron chi connectivity index (χ0n) is 4.97. The van der Waals surface area contributed by atoms with Gasteiger partial charge in [-0.1, -0.05) is 0 Å². The van der Waals surface area contributed by atoms with Crippen LogP contribution in [0.5, 0.6) is 0 Å². The highest BCUT2D eigenvalue weighted by Gasteiger charge is 2.57. The Kier molecular flexibility index (Phi) is 6.73. The Morgan fingerprint density at radius 1 is 0.818 bits per heavy atom. The highest BCUT2D eigenvalue weighted by Crippen LogP contribution is 2.35. The summed E-state index contributed by atoms with van der Waals surface area (Å²) in [6.07, 6.45) is -5.76. The van der Waals surface area contributed by atoms with Gasteiger partial charge in [0.1, 0.15) is 0 Å². The van der Waals surface area contributed by atoms with Crippen molar-refractivity contribution in [2.24, 2.45) is 0 Å². The Labute approximate surface area is 57.4 Å². The zero-order chi connectivity index (χ0) is 7.71. The van der Waals surface area contributed by atoms with Crippen LogP contribution in [0.25, 0.3) is 0 Å². The van der Waals surface area contributed by atoms with E-state index in [2.05, 4.69) is 0 Å². The van der Waals surface area contributed by atoms with E-state index in [-0.39, 0.29) is 11.0 Å². The van der Waals surface area contributed by atoms with Gasteiger partial charge >= 0.3 is 12.1 Å². The summed E-state index contributed by atoms with van der Waals surface area (Å²) in [4.78, 5) is 0. The normalized spacial score (nSPS) is 11.5. The third-order valence-corrected chi connectivity index (χ3v) is 0.583. The second-order valence-corrected chi connectivity index (χ2v) is 1.34. The smallest absolute Gasteiger partial charge is 0.412 e. The molecule has 8 heteroatoms. The van der Waals surface area contributed by atoms with Crippen molar-refractivity contribution >= 4 is 0 Å². The molecule has 72 valence electrons. The third kappa shape index (κ3) is 4.04. The van der Waals surface area contributed by atoms with Gasteiger partial charge in [-0.25, -0.2) is 4.39 Å². The topological polar surface area (TPSA) is 63.0 Å². The van der Waals surface area contributed by atoms with Crippen molar-refractivity contribution < 1.29 is 37.3 Å². The van der Waals surface area contributed by atoms with Gasteiger partial charge in [-0.05, 0) is 0 Å². The molecule has 0 radical (unpaired) electrons. The van der Waals surface area contributed by atoms with Crippen molar-refractivity contribution in [1.29, 1.82) is 0 Å². The maximum Gasteiger partial charge on any atom is 0.456 e. The first-order valence-corrected chi connectivity index (χ1v) is 1.82. The second-order valence-electron chi connectivity index (χ2n) is 1.34. The van der Waals surface area contributed by atoms with Crippen LogP contribution in [0.2, 0.25) is 0 Å². The standard InChI is InChI=1S/C3H2F6.2H2O/c4-1-2(5,6)3(7,8)9;;/h1H2;2*1H2. The van der Waals surface area contributed by atoms with Gasteiger partial charge < -0.3 is 11.0 Å². The molecule has 0 bridgehead atoms. The Morgan fingerprint density at radius 2 is 1.09 bits per heavy atom. The molecule has 2 nitrogen and oxygen atoms in total. The molecule has 0 aliphatic carbocycles. The zero-order valence-corrected chi connectivity index (χ0v) is 4.97. The molecule has 0 aromatic heterocycles. The quantitative estimate of drug-likeness (QED) is 0.538. The minimum atomic E-state index is -5.76. The van der Waals surface area contributed by atoms with Crippen LogP contribution in [-0.4, -0.2) is 29.7 Å². The molecule has 0 amide bonds. The van der Waals surface area contributed by atoms with Crippen molar-refractivity contribution in [2.75, 3.05) is 6.67 Å². The molecular formula is C3H6F6O2. The lowest BCUT2D eigenvalue weighted by Crippen LogP contribution is -2.38. The summed E-state index contributed by atoms with van der Waals surface area (Å²) in [7, 11) is 0. The van der Waals surface area contributed by atoms with Gasteiger partial charge in [0.05, 0.1) is 0 Å². The maximum absolute atomic E-state index is 11.2. The second kappa shape index (κ2) is 4.39. The monoisotopic (exact) mass is 188 g/mol. The van der Waals surface area contributed by atoms with E-state index in [1.807, 2.05) is 0 Å². The van der Waals surface area contributed by atoms with Crippen LogP contribution < -0.4 is 0 Å². The van der Waals surface area contributed by atoms with E-state index in [0.717, 1.165) is 0 Å². The van der Waals surface area contributed by atoms with Gasteiger partial charge in [-0.15, -0.1) is 0 Å². The SMILES string of the molecule is FCC(F)(F)C(F)(F)F.O.O. The highest BCUT2D eigenvalue weighted by molar-refractivity contribution is 4.73. The summed E-state index contributed by atoms with van der Waals surface area (Å²) in [5.74, 6) is -5.19. The molecule has 0 fully saturated rings. The average molecular weight is 188 g/mol. The largest absolute Gasteiger partial charge is 0.456 e. The van der Waals surface area contributed by atoms with E-state index in [1.165, 1.54) is 0 Å². The van der Waals surface area contributed by atoms with E-state index in [1.54, 1.807) is 0 Å². The van der Waals surface area contributed by atoms with Gasteiger partial charge in [-0.3, -0.25) is 0 Å². The Morgan fingerprint density at radius 3 is 1.09 bits per heavy atom. The fraction of sp³-hybridized carbons (Fsp3) is 1.00. The van der Waals surface area contributed by atoms with Crippen molar-refractivity contribution in [2.45, 2.75) is 12.1 Å². The number of hydrogen-bond acceptors (Lipinski definition) is 0. The van der Waals surface area contributed by atoms with E-state index in [4.69, 9.17) is 0 Å². The van der Waals surface area contributed by atoms with Crippen LogP contribution >= 0.6 is 0 Å². The minimum Gasteiger partial charge on any atom is -0.412 e. The highest BCUT2D eigenvalue weighted by atomic mass is 19.4. The Balaban J connectivity index is -0.000000320. The fourth-order valence-corrected chi connectivity index (χ4v) is 0.0758. The summed E-state index contributed by atoms with van der Waals surface area (Å²) in [6.45, 7) is -2.70. The van der Waals surface area contributed by atoms with Crippen molar-refractivity contribution in [1.82, 2.24) is 0 Å². The van der Waals surface area contributed by atoms with Crippen LogP contribution in [0.3, 0.4) is 0 Å². The summed E-state index contributed by atoms with van der Waals surface area (Å²) >= 11 is 0. The molecule has 0 atom stereocenters. The number of hydrogen-bond donors (Lipinski definition) is 0. The van der Waals surface area contributed by atoms with Crippen LogP contribution in [0.1, 0.15) is 0 Å². The van der Waals surface area contributed by atoms with E-state index in [0.29, 0.717) is 0 Å². The Hall–Kier alpha value is -0.500. The molecule has 11 heavy (non-hydrogen) atoms. The first-order chi connectivity index (χ1) is 3.81. The van der Waals surface area contributed by atoms with Crippen molar-refractivity contribution in [3.8, 4) is 0 Å². The molecule has 0 aliphatic rings. The lowest BCUT2D eigenvalue weighted by atomic mass is 10.4. The summed E-state index contributed by atoms with van der Waals surface area (Å²) in [6, 6.07) is 0. The lowest BCUT2D eigenvalue weighted by molar-refractivity contribution is -0.286. The van der Waals surface area contributed by atoms with Gasteiger partial charge in [0.2, 0.25) is 0 Å². The number of alkyl halides is 6. The summed E-state index contributed by atoms with van der Waals surface area (Å²) < 4.78 is 65.6. The number of halogens is 6. The van der Waals surface area contributed by atoms with E-state index >= 15 is 0 Å². The van der Waals surface area contributed by atoms with Crippen molar-refractivity contribution in [3.63, 3.8) is 0 Å². The minimum absolute atomic E-state index is 0. The molecule has 4 N–H and O–H groups in total. The van der Waals surface area contributed by atoms with Gasteiger partial charge in [0.25, 0.3) is 0 Å². The summed E-state index contributed by atoms with van der Waals surface area (Å²) in [5.41, 5.74) is 0. The molecule has 0 unspecified atom stereocenters. The Bertz CT molecular complexity index is 98.5. The van der Waals surface area contributed by atoms with E-state index in [9.17, 15) is 26.3 Å². The average Bonchev–Trinajstić information content (AvgIpc) is 1.64. The third-order valence-electron chi connectivity index (χ3n) is 0.583. The van der Waals surface area contributed by atoms with Crippen LogP contribution in [0.15, 0.2) is 0 Å². The lowest BCUT2D eigenvalue weighted by Gasteiger charge is -2.14. The van der Waals surface area contributed by atoms with E-state index < -0.39 is 18.8 Å². The molecule has 0 spiro atoms. The molecule has 0 saturated carbocycles. The van der Waals surface area contributed by atoms with Gasteiger partial charge in [-0.2, -0.15) is 22.0 Å². The van der Waals surface area contributed by atoms with Gasteiger partial charge in [0, 0.05) is 0 Å². The van der Waals surface area contributed by atoms with Crippen LogP contribution in [-0.2, 0) is 0 Å². The first kappa shape index (κ1) is 16.8. The predicted octanol–water partition coefficient (Wildman–Crippen LogP) is 0.504. The molecule has 0 heterocycles. The summed E-state index contributed by atoms with van der Waals surface area (Å²) in [5, 5.41) is 0. The molecular weight excluding hydrogens is 182 g/mol. The maximum atomic E-state index is 11.2. The van der Waals surface area contributed by atoms with Crippen LogP contribution in [0.4, 0.5) is 26.3 Å². The van der Waals surface area contributed by atoms with Crippen LogP contribution in [0, 0.1) is 0 Å². The molecule has 0 aromatic rings. The number of rotatable bonds is 1. The molecule has 0 saturated heterocycles. The molecule has 0 aliphatic heterocycles. The predicted molar refractivity (Wildman–Crippen MR) is 24.2 cm³/mol. The fourth-order valence-electron chi connectivity index (χ4n) is 0.0758. The first-order valence-electron chi connectivity index (χ1n) is 1.82. The molecule has 0 aromatic carbocycles. The van der Waals surface area contributed by atoms with Crippen molar-refractivity contribution in [3.05, 3.63) is 0 Å².